The summed E-state index contributed by atoms with van der Waals surface area (Å²) in [6.07, 6.45) is 15.8. The standard InChI is InChI=1S/C20H16N4O.C20H16N4.C19H15N5O.C19H15N3.2C18H14N4/c1-13-5-4-8-18(23-13)16-7-3-2-6-15(16)14-9-10-24-19(11-14)17(12-22-24)20(21)25;1-13-5-4-8-19(24-13)16-7-3-2-6-15(16)14-9-10-18-17(11-14)20(21)23-12-22-18;1-12-5-4-8-16(21-12)15-7-3-2-6-14(15)13-9-10-17-22-23-19(18(20)25)24(17)11-13;1-13-5-4-8-19(21-13)17-7-3-2-6-16(17)14-9-10-18-15(11-14)12-20-22-18;1-13-5-4-8-17(20-13)16-7-3-2-6-15(16)14-9-10-18-21-19-12-22(18)11-14;1-13-5-4-8-17(21-13)16-7-3-2-6-15(16)14-9-10-18-19-12-20-22(18)11-14/h2-12H,1H3,(H2,21,25);2-12H,1H3,(H2,21,22,23);2-11H,1H3,(H2,20,25);2-12H,1H3,(H,20,22);2*2-12H,1H3. The van der Waals surface area contributed by atoms with Gasteiger partial charge in [0.15, 0.2) is 16.9 Å². The molecule has 0 unspecified atom stereocenters. The summed E-state index contributed by atoms with van der Waals surface area (Å²) in [5, 5.41) is 33.2. The minimum absolute atomic E-state index is 0.114. The van der Waals surface area contributed by atoms with Crippen molar-refractivity contribution in [2.75, 3.05) is 5.73 Å². The van der Waals surface area contributed by atoms with Crippen molar-refractivity contribution < 1.29 is 9.59 Å². The third-order valence-corrected chi connectivity index (χ3v) is 23.5. The van der Waals surface area contributed by atoms with E-state index in [1.807, 2.05) is 314 Å². The molecule has 0 bridgehead atoms. The molecule has 26 heteroatoms. The van der Waals surface area contributed by atoms with Gasteiger partial charge in [-0.3, -0.25) is 53.4 Å². The Morgan fingerprint density at radius 2 is 0.729 bits per heavy atom. The number of benzene rings is 8. The van der Waals surface area contributed by atoms with Gasteiger partial charge in [0.1, 0.15) is 24.8 Å². The Labute approximate surface area is 804 Å². The molecule has 2 amide bonds. The minimum atomic E-state index is -0.613. The smallest absolute Gasteiger partial charge is 0.287 e. The zero-order valence-electron chi connectivity index (χ0n) is 77.0. The van der Waals surface area contributed by atoms with E-state index in [1.165, 1.54) is 23.7 Å². The van der Waals surface area contributed by atoms with Crippen molar-refractivity contribution in [3.63, 3.8) is 0 Å². The van der Waals surface area contributed by atoms with Crippen molar-refractivity contribution in [2.45, 2.75) is 41.5 Å². The number of nitrogens with two attached hydrogens (primary N) is 3. The average molecular weight is 1830 g/mol. The Balaban J connectivity index is 0.000000107. The van der Waals surface area contributed by atoms with Gasteiger partial charge in [-0.05, 0) is 248 Å². The zero-order chi connectivity index (χ0) is 96.1. The lowest BCUT2D eigenvalue weighted by Gasteiger charge is -2.11. The summed E-state index contributed by atoms with van der Waals surface area (Å²) in [6, 6.07) is 114. The molecular weight excluding hydrogens is 1740 g/mol. The van der Waals surface area contributed by atoms with Crippen molar-refractivity contribution >= 4 is 61.9 Å². The fraction of sp³-hybridized carbons (Fsp3) is 0.0526. The number of hydrogen-bond acceptors (Lipinski definition) is 19. The van der Waals surface area contributed by atoms with Gasteiger partial charge < -0.3 is 17.2 Å². The fourth-order valence-electron chi connectivity index (χ4n) is 16.8. The first kappa shape index (κ1) is 90.0. The number of primary amides is 2. The second kappa shape index (κ2) is 40.7. The second-order valence-corrected chi connectivity index (χ2v) is 33.1. The molecule has 0 saturated carbocycles. The maximum absolute atomic E-state index is 11.6. The molecule has 16 aromatic heterocycles. The molecule has 0 saturated heterocycles. The number of amides is 2. The molecule has 0 aliphatic rings. The molecule has 0 radical (unpaired) electrons. The van der Waals surface area contributed by atoms with Crippen molar-refractivity contribution in [3.8, 4) is 134 Å². The van der Waals surface area contributed by atoms with Gasteiger partial charge in [0, 0.05) is 109 Å². The average Bonchev–Trinajstić information content (AvgIpc) is 1.48. The highest BCUT2D eigenvalue weighted by Gasteiger charge is 2.20. The number of aromatic amines is 1. The molecule has 140 heavy (non-hydrogen) atoms. The van der Waals surface area contributed by atoms with Crippen LogP contribution in [-0.2, 0) is 0 Å². The van der Waals surface area contributed by atoms with Crippen molar-refractivity contribution in [3.05, 3.63) is 441 Å². The molecular formula is C114H90N24O2. The Hall–Kier alpha value is -19.2. The van der Waals surface area contributed by atoms with E-state index in [0.29, 0.717) is 22.5 Å². The van der Waals surface area contributed by atoms with E-state index in [4.69, 9.17) is 17.2 Å². The molecule has 7 N–H and O–H groups in total. The van der Waals surface area contributed by atoms with Crippen LogP contribution in [0.3, 0.4) is 0 Å². The Morgan fingerprint density at radius 1 is 0.321 bits per heavy atom. The van der Waals surface area contributed by atoms with Crippen LogP contribution in [0, 0.1) is 41.5 Å². The molecule has 0 spiro atoms. The minimum Gasteiger partial charge on any atom is -0.383 e. The summed E-state index contributed by atoms with van der Waals surface area (Å²) < 4.78 is 6.97. The molecule has 0 atom stereocenters. The van der Waals surface area contributed by atoms with Crippen molar-refractivity contribution in [2.24, 2.45) is 11.5 Å². The van der Waals surface area contributed by atoms with Crippen LogP contribution in [0.15, 0.2) is 396 Å². The first-order chi connectivity index (χ1) is 68.4. The monoisotopic (exact) mass is 1830 g/mol. The number of H-pyrrole nitrogens is 1. The molecule has 0 aliphatic carbocycles. The zero-order valence-corrected chi connectivity index (χ0v) is 77.0. The van der Waals surface area contributed by atoms with Gasteiger partial charge in [-0.15, -0.1) is 20.4 Å². The number of anilines is 1. The second-order valence-electron chi connectivity index (χ2n) is 33.1. The molecule has 678 valence electrons. The highest BCUT2D eigenvalue weighted by molar-refractivity contribution is 6.01. The number of carbonyl (C=O) groups excluding carboxylic acids is 2. The number of nitrogens with one attached hydrogen (secondary N) is 1. The largest absolute Gasteiger partial charge is 0.383 e. The van der Waals surface area contributed by atoms with Gasteiger partial charge in [0.2, 0.25) is 5.82 Å². The van der Waals surface area contributed by atoms with E-state index in [-0.39, 0.29) is 5.82 Å². The van der Waals surface area contributed by atoms with Gasteiger partial charge in [0.05, 0.1) is 68.7 Å². The maximum atomic E-state index is 11.6. The topological polar surface area (TPSA) is 352 Å². The van der Waals surface area contributed by atoms with Crippen LogP contribution in [0.2, 0.25) is 0 Å². The van der Waals surface area contributed by atoms with Crippen LogP contribution in [0.5, 0.6) is 0 Å². The number of fused-ring (bicyclic) bond motifs is 6. The highest BCUT2D eigenvalue weighted by Crippen LogP contribution is 2.40. The number of aryl methyl sites for hydroxylation is 6. The summed E-state index contributed by atoms with van der Waals surface area (Å²) in [6.45, 7) is 12.0. The number of nitrogens with zero attached hydrogens (tertiary/aromatic N) is 20. The van der Waals surface area contributed by atoms with Gasteiger partial charge in [-0.1, -0.05) is 194 Å². The predicted octanol–water partition coefficient (Wildman–Crippen LogP) is 22.7. The van der Waals surface area contributed by atoms with E-state index < -0.39 is 11.8 Å². The van der Waals surface area contributed by atoms with Gasteiger partial charge >= 0.3 is 0 Å². The maximum Gasteiger partial charge on any atom is 0.287 e. The number of rotatable bonds is 14. The lowest BCUT2D eigenvalue weighted by molar-refractivity contribution is 0.0985. The molecule has 16 heterocycles. The molecule has 26 nitrogen and oxygen atoms in total. The van der Waals surface area contributed by atoms with E-state index >= 15 is 0 Å². The quantitative estimate of drug-likeness (QED) is 0.0785. The summed E-state index contributed by atoms with van der Waals surface area (Å²) in [7, 11) is 0. The molecule has 8 aromatic carbocycles. The van der Waals surface area contributed by atoms with E-state index in [2.05, 4.69) is 189 Å². The normalized spacial score (nSPS) is 10.9. The Kier molecular flexibility index (Phi) is 26.1. The van der Waals surface area contributed by atoms with E-state index in [1.54, 1.807) is 26.1 Å². The number of hydrogen-bond donors (Lipinski definition) is 4. The molecule has 0 fully saturated rings. The Morgan fingerprint density at radius 3 is 1.19 bits per heavy atom. The summed E-state index contributed by atoms with van der Waals surface area (Å²) in [5.74, 6) is -0.491. The SMILES string of the molecule is Cc1cccc(-c2ccccc2-c2ccc3[nH]ncc3c2)n1.Cc1cccc(-c2ccccc2-c2ccc3ncnc(N)c3c2)n1.Cc1cccc(-c2ccccc2-c2ccc3ncnn3c2)n1.Cc1cccc(-c2ccccc2-c2ccc3nnc(C(N)=O)n3c2)n1.Cc1cccc(-c2ccccc2-c2ccc3nncn3c2)n1.Cc1cccc(-c2ccccc2-c2ccn3ncc(C(N)=O)c3c2)n1. The number of nitrogen functional groups attached to an aromatic ring is 1. The van der Waals surface area contributed by atoms with Crippen LogP contribution >= 0.6 is 0 Å². The van der Waals surface area contributed by atoms with Crippen LogP contribution in [0.1, 0.15) is 55.1 Å². The number of carbonyl (C=O) groups is 2. The van der Waals surface area contributed by atoms with Gasteiger partial charge in [0.25, 0.3) is 11.8 Å². The van der Waals surface area contributed by atoms with Crippen LogP contribution < -0.4 is 17.2 Å². The lowest BCUT2D eigenvalue weighted by atomic mass is 9.96. The van der Waals surface area contributed by atoms with E-state index in [9.17, 15) is 9.59 Å². The van der Waals surface area contributed by atoms with E-state index in [0.717, 1.165) is 190 Å². The van der Waals surface area contributed by atoms with Crippen LogP contribution in [0.4, 0.5) is 5.82 Å². The summed E-state index contributed by atoms with van der Waals surface area (Å²) in [4.78, 5) is 63.6. The van der Waals surface area contributed by atoms with Crippen molar-refractivity contribution in [1.29, 1.82) is 0 Å². The van der Waals surface area contributed by atoms with Gasteiger partial charge in [-0.25, -0.2) is 24.0 Å². The Bertz CT molecular complexity index is 8140. The summed E-state index contributed by atoms with van der Waals surface area (Å²) >= 11 is 0. The number of aromatic nitrogens is 21. The predicted molar refractivity (Wildman–Crippen MR) is 552 cm³/mol. The highest BCUT2D eigenvalue weighted by atomic mass is 16.1. The lowest BCUT2D eigenvalue weighted by Crippen LogP contribution is -2.15. The van der Waals surface area contributed by atoms with Crippen LogP contribution in [-0.4, -0.2) is 115 Å². The molecule has 24 aromatic rings. The number of pyridine rings is 10. The molecule has 24 rings (SSSR count). The summed E-state index contributed by atoms with van der Waals surface area (Å²) in [5.41, 5.74) is 53.3. The first-order valence-electron chi connectivity index (χ1n) is 45.1. The fourth-order valence-corrected chi connectivity index (χ4v) is 16.8. The van der Waals surface area contributed by atoms with Crippen LogP contribution in [0.25, 0.3) is 179 Å². The molecule has 0 aliphatic heterocycles. The third kappa shape index (κ3) is 20.0. The first-order valence-corrected chi connectivity index (χ1v) is 45.1. The third-order valence-electron chi connectivity index (χ3n) is 23.5. The van der Waals surface area contributed by atoms with Crippen molar-refractivity contribution in [1.82, 2.24) is 103 Å². The van der Waals surface area contributed by atoms with Gasteiger partial charge in [-0.2, -0.15) is 15.3 Å².